The highest BCUT2D eigenvalue weighted by molar-refractivity contribution is 6.40. The van der Waals surface area contributed by atoms with Crippen molar-refractivity contribution >= 4 is 34.9 Å². The van der Waals surface area contributed by atoms with Crippen LogP contribution in [0.2, 0.25) is 0 Å². The number of ether oxygens (including phenoxy) is 2. The van der Waals surface area contributed by atoms with E-state index >= 15 is 0 Å². The van der Waals surface area contributed by atoms with Crippen LogP contribution >= 0.6 is 0 Å². The summed E-state index contributed by atoms with van der Waals surface area (Å²) in [5.74, 6) is -1.19. The first-order valence-electron chi connectivity index (χ1n) is 10.2. The smallest absolute Gasteiger partial charge is 0.309 e. The van der Waals surface area contributed by atoms with Crippen molar-refractivity contribution in [2.75, 3.05) is 13.2 Å². The van der Waals surface area contributed by atoms with Gasteiger partial charge in [-0.25, -0.2) is 0 Å². The van der Waals surface area contributed by atoms with Crippen molar-refractivity contribution in [2.24, 2.45) is 21.8 Å². The largest absolute Gasteiger partial charge is 0.461 e. The van der Waals surface area contributed by atoms with Gasteiger partial charge in [0.15, 0.2) is 11.6 Å². The highest BCUT2D eigenvalue weighted by Crippen LogP contribution is 2.31. The van der Waals surface area contributed by atoms with Gasteiger partial charge in [-0.2, -0.15) is 0 Å². The van der Waals surface area contributed by atoms with Crippen molar-refractivity contribution in [3.63, 3.8) is 0 Å². The van der Waals surface area contributed by atoms with Gasteiger partial charge < -0.3 is 9.47 Å². The van der Waals surface area contributed by atoms with Crippen molar-refractivity contribution < 1.29 is 28.7 Å². The predicted octanol–water partition coefficient (Wildman–Crippen LogP) is 2.51. The normalized spacial score (nSPS) is 23.1. The summed E-state index contributed by atoms with van der Waals surface area (Å²) in [6.07, 6.45) is 6.56. The molecule has 0 saturated heterocycles. The second kappa shape index (κ2) is 9.73. The first-order valence-corrected chi connectivity index (χ1v) is 10.2. The first-order chi connectivity index (χ1) is 14.3. The molecule has 0 aromatic heterocycles. The summed E-state index contributed by atoms with van der Waals surface area (Å²) in [6.45, 7) is 3.13. The van der Waals surface area contributed by atoms with E-state index in [4.69, 9.17) is 9.47 Å². The molecule has 0 atom stereocenters. The van der Waals surface area contributed by atoms with Gasteiger partial charge in [-0.3, -0.25) is 29.2 Å². The Morgan fingerprint density at radius 2 is 1.47 bits per heavy atom. The van der Waals surface area contributed by atoms with E-state index in [9.17, 15) is 19.2 Å². The van der Waals surface area contributed by atoms with Crippen molar-refractivity contribution in [1.82, 2.24) is 0 Å². The number of hydrogen-bond donors (Lipinski definition) is 0. The fourth-order valence-electron chi connectivity index (χ4n) is 3.68. The Morgan fingerprint density at radius 1 is 0.900 bits per heavy atom. The molecule has 0 amide bonds. The Balaban J connectivity index is 1.35. The number of esters is 2. The molecule has 3 rings (SSSR count). The molecule has 0 spiro atoms. The number of nitrogens with zero attached hydrogens (tertiary/aromatic N) is 2. The van der Waals surface area contributed by atoms with Crippen LogP contribution in [0.4, 0.5) is 0 Å². The van der Waals surface area contributed by atoms with Crippen LogP contribution in [-0.4, -0.2) is 48.1 Å². The number of hydrogen-bond acceptors (Lipinski definition) is 8. The van der Waals surface area contributed by atoms with E-state index in [1.165, 1.54) is 13.8 Å². The van der Waals surface area contributed by atoms with Gasteiger partial charge >= 0.3 is 11.9 Å². The van der Waals surface area contributed by atoms with Crippen molar-refractivity contribution in [3.8, 4) is 0 Å². The molecule has 0 unspecified atom stereocenters. The van der Waals surface area contributed by atoms with Gasteiger partial charge in [-0.1, -0.05) is 6.08 Å². The maximum Gasteiger partial charge on any atom is 0.309 e. The summed E-state index contributed by atoms with van der Waals surface area (Å²) in [5, 5.41) is 0. The zero-order valence-corrected chi connectivity index (χ0v) is 17.3. The summed E-state index contributed by atoms with van der Waals surface area (Å²) in [7, 11) is 0. The molecule has 160 valence electrons. The molecular weight excluding hydrogens is 388 g/mol. The van der Waals surface area contributed by atoms with Crippen molar-refractivity contribution in [1.29, 1.82) is 0 Å². The van der Waals surface area contributed by atoms with E-state index in [1.54, 1.807) is 12.3 Å². The van der Waals surface area contributed by atoms with Crippen LogP contribution in [0.5, 0.6) is 0 Å². The number of Topliss-reactive ketones (excluding diaryl/α,β-unsaturated/α-hetero) is 2. The third-order valence-electron chi connectivity index (χ3n) is 5.58. The molecule has 0 radical (unpaired) electrons. The fraction of sp³-hybridized carbons (Fsp3) is 0.545. The van der Waals surface area contributed by atoms with E-state index in [1.807, 2.05) is 0 Å². The highest BCUT2D eigenvalue weighted by atomic mass is 16.5. The summed E-state index contributed by atoms with van der Waals surface area (Å²) in [6, 6.07) is 0. The lowest BCUT2D eigenvalue weighted by molar-refractivity contribution is -0.154. The number of aliphatic imine (C=N–C) groups is 2. The molecule has 2 heterocycles. The molecule has 30 heavy (non-hydrogen) atoms. The quantitative estimate of drug-likeness (QED) is 0.564. The maximum absolute atomic E-state index is 12.3. The number of carbonyl (C=O) groups excluding carboxylic acids is 4. The Labute approximate surface area is 175 Å². The third kappa shape index (κ3) is 5.58. The number of carbonyl (C=O) groups is 4. The number of rotatable bonds is 8. The lowest BCUT2D eigenvalue weighted by Gasteiger charge is -2.26. The SMILES string of the molecule is CC(=O)C1=NC=C(COC(=O)[C@H]2CC[C@H](C(=O)OCC3=CCC(C(C)=O)=N3)CC2)C1. The molecule has 8 nitrogen and oxygen atoms in total. The summed E-state index contributed by atoms with van der Waals surface area (Å²) in [5.41, 5.74) is 2.38. The van der Waals surface area contributed by atoms with E-state index in [0.717, 1.165) is 5.57 Å². The van der Waals surface area contributed by atoms with Gasteiger partial charge in [0.2, 0.25) is 0 Å². The van der Waals surface area contributed by atoms with Crippen LogP contribution in [0.3, 0.4) is 0 Å². The van der Waals surface area contributed by atoms with E-state index in [-0.39, 0.29) is 48.6 Å². The Kier molecular flexibility index (Phi) is 7.07. The standard InChI is InChI=1S/C22H26N2O6/c1-13(25)19-8-7-18(24-19)12-30-22(28)17-5-3-16(4-6-17)21(27)29-11-15-9-20(14(2)26)23-10-15/h7,10,16-17H,3-6,8-9,11-12H2,1-2H3/t16-,17-. The van der Waals surface area contributed by atoms with Crippen molar-refractivity contribution in [2.45, 2.75) is 52.4 Å². The summed E-state index contributed by atoms with van der Waals surface area (Å²) in [4.78, 5) is 55.4. The molecule has 2 aliphatic heterocycles. The van der Waals surface area contributed by atoms with Gasteiger partial charge in [0.05, 0.1) is 29.0 Å². The van der Waals surface area contributed by atoms with E-state index in [2.05, 4.69) is 9.98 Å². The summed E-state index contributed by atoms with van der Waals surface area (Å²) < 4.78 is 10.7. The fourth-order valence-corrected chi connectivity index (χ4v) is 3.68. The molecule has 0 aromatic carbocycles. The van der Waals surface area contributed by atoms with Crippen LogP contribution < -0.4 is 0 Å². The van der Waals surface area contributed by atoms with E-state index in [0.29, 0.717) is 55.6 Å². The van der Waals surface area contributed by atoms with Crippen LogP contribution in [0.25, 0.3) is 0 Å². The zero-order valence-electron chi connectivity index (χ0n) is 17.3. The average molecular weight is 414 g/mol. The van der Waals surface area contributed by atoms with Crippen LogP contribution in [-0.2, 0) is 28.7 Å². The minimum atomic E-state index is -0.292. The molecule has 1 aliphatic carbocycles. The zero-order chi connectivity index (χ0) is 21.7. The topological polar surface area (TPSA) is 111 Å². The maximum atomic E-state index is 12.3. The Bertz CT molecular complexity index is 872. The first kappa shape index (κ1) is 21.8. The van der Waals surface area contributed by atoms with Crippen LogP contribution in [0.15, 0.2) is 33.5 Å². The minimum absolute atomic E-state index is 0.0665. The van der Waals surface area contributed by atoms with Crippen LogP contribution in [0.1, 0.15) is 52.4 Å². The van der Waals surface area contributed by atoms with Gasteiger partial charge in [0, 0.05) is 32.9 Å². The van der Waals surface area contributed by atoms with Gasteiger partial charge in [0.25, 0.3) is 0 Å². The van der Waals surface area contributed by atoms with Crippen LogP contribution in [0, 0.1) is 11.8 Å². The van der Waals surface area contributed by atoms with Gasteiger partial charge in [0.1, 0.15) is 13.2 Å². The predicted molar refractivity (Wildman–Crippen MR) is 109 cm³/mol. The average Bonchev–Trinajstić information content (AvgIpc) is 3.40. The lowest BCUT2D eigenvalue weighted by Crippen LogP contribution is -2.28. The number of ketones is 2. The molecular formula is C22H26N2O6. The summed E-state index contributed by atoms with van der Waals surface area (Å²) >= 11 is 0. The van der Waals surface area contributed by atoms with Crippen molar-refractivity contribution in [3.05, 3.63) is 23.5 Å². The lowest BCUT2D eigenvalue weighted by atomic mass is 9.82. The third-order valence-corrected chi connectivity index (χ3v) is 5.58. The van der Waals surface area contributed by atoms with E-state index < -0.39 is 0 Å². The molecule has 8 heteroatoms. The molecule has 0 bridgehead atoms. The van der Waals surface area contributed by atoms with Gasteiger partial charge in [-0.15, -0.1) is 0 Å². The second-order valence-corrected chi connectivity index (χ2v) is 7.87. The minimum Gasteiger partial charge on any atom is -0.461 e. The molecule has 1 saturated carbocycles. The molecule has 3 aliphatic rings. The highest BCUT2D eigenvalue weighted by Gasteiger charge is 2.32. The monoisotopic (exact) mass is 414 g/mol. The molecule has 0 aromatic rings. The molecule has 0 N–H and O–H groups in total. The second-order valence-electron chi connectivity index (χ2n) is 7.87. The van der Waals surface area contributed by atoms with Gasteiger partial charge in [-0.05, 0) is 31.3 Å². The Hall–Kier alpha value is -2.90. The molecule has 1 fully saturated rings. The Morgan fingerprint density at radius 3 is 1.97 bits per heavy atom. The number of allylic oxidation sites excluding steroid dienone is 1.